The minimum atomic E-state index is -0.889. The average Bonchev–Trinajstić information content (AvgIpc) is 2.81. The van der Waals surface area contributed by atoms with Crippen molar-refractivity contribution in [2.75, 3.05) is 6.54 Å². The Morgan fingerprint density at radius 3 is 2.70 bits per heavy atom. The molecule has 1 heterocycles. The molecule has 5 heteroatoms. The molecule has 2 fully saturated rings. The molecule has 0 radical (unpaired) electrons. The Morgan fingerprint density at radius 1 is 1.30 bits per heavy atom. The van der Waals surface area contributed by atoms with Crippen LogP contribution in [0.15, 0.2) is 0 Å². The summed E-state index contributed by atoms with van der Waals surface area (Å²) in [5, 5.41) is 12.3. The number of urea groups is 1. The zero-order valence-electron chi connectivity index (χ0n) is 12.5. The van der Waals surface area contributed by atoms with Gasteiger partial charge in [0.1, 0.15) is 6.04 Å². The van der Waals surface area contributed by atoms with Crippen molar-refractivity contribution in [2.45, 2.75) is 64.5 Å². The summed E-state index contributed by atoms with van der Waals surface area (Å²) in [6.07, 6.45) is 6.38. The van der Waals surface area contributed by atoms with E-state index in [1.54, 1.807) is 0 Å². The Hall–Kier alpha value is -1.26. The van der Waals surface area contributed by atoms with E-state index >= 15 is 0 Å². The molecule has 1 aliphatic heterocycles. The first-order chi connectivity index (χ1) is 9.52. The molecule has 0 aromatic rings. The molecule has 0 aromatic carbocycles. The molecule has 1 saturated heterocycles. The first-order valence-electron chi connectivity index (χ1n) is 7.82. The number of amides is 2. The van der Waals surface area contributed by atoms with Crippen molar-refractivity contribution in [3.05, 3.63) is 0 Å². The molecule has 20 heavy (non-hydrogen) atoms. The van der Waals surface area contributed by atoms with E-state index in [4.69, 9.17) is 0 Å². The third-order valence-electron chi connectivity index (χ3n) is 4.90. The summed E-state index contributed by atoms with van der Waals surface area (Å²) >= 11 is 0. The van der Waals surface area contributed by atoms with Gasteiger partial charge < -0.3 is 15.3 Å². The zero-order chi connectivity index (χ0) is 14.7. The van der Waals surface area contributed by atoms with Crippen molar-refractivity contribution in [3.8, 4) is 0 Å². The van der Waals surface area contributed by atoms with Gasteiger partial charge in [-0.2, -0.15) is 0 Å². The lowest BCUT2D eigenvalue weighted by Gasteiger charge is -2.32. The highest BCUT2D eigenvalue weighted by Crippen LogP contribution is 2.28. The maximum Gasteiger partial charge on any atom is 0.326 e. The number of carboxylic acid groups (broad SMARTS) is 1. The monoisotopic (exact) mass is 282 g/mol. The van der Waals surface area contributed by atoms with E-state index in [1.165, 1.54) is 11.3 Å². The second-order valence-corrected chi connectivity index (χ2v) is 6.33. The van der Waals surface area contributed by atoms with Gasteiger partial charge in [-0.15, -0.1) is 0 Å². The number of carboxylic acids is 1. The van der Waals surface area contributed by atoms with Crippen LogP contribution in [0.3, 0.4) is 0 Å². The Morgan fingerprint density at radius 2 is 2.05 bits per heavy atom. The lowest BCUT2D eigenvalue weighted by Crippen LogP contribution is -2.51. The molecule has 4 unspecified atom stereocenters. The minimum Gasteiger partial charge on any atom is -0.480 e. The van der Waals surface area contributed by atoms with Crippen molar-refractivity contribution in [2.24, 2.45) is 11.8 Å². The highest BCUT2D eigenvalue weighted by molar-refractivity contribution is 5.83. The van der Waals surface area contributed by atoms with Crippen LogP contribution in [0.1, 0.15) is 52.4 Å². The van der Waals surface area contributed by atoms with Gasteiger partial charge in [0.05, 0.1) is 0 Å². The Labute approximate surface area is 120 Å². The van der Waals surface area contributed by atoms with E-state index in [0.717, 1.165) is 32.1 Å². The van der Waals surface area contributed by atoms with Crippen molar-refractivity contribution in [3.63, 3.8) is 0 Å². The molecular formula is C15H26N2O3. The molecule has 2 amide bonds. The topological polar surface area (TPSA) is 69.6 Å². The van der Waals surface area contributed by atoms with Crippen LogP contribution in [0.5, 0.6) is 0 Å². The lowest BCUT2D eigenvalue weighted by molar-refractivity contribution is -0.142. The van der Waals surface area contributed by atoms with E-state index in [9.17, 15) is 14.7 Å². The molecule has 2 rings (SSSR count). The minimum absolute atomic E-state index is 0.0352. The first kappa shape index (κ1) is 15.1. The quantitative estimate of drug-likeness (QED) is 0.835. The predicted octanol–water partition coefficient (Wildman–Crippen LogP) is 2.46. The highest BCUT2D eigenvalue weighted by atomic mass is 16.4. The summed E-state index contributed by atoms with van der Waals surface area (Å²) < 4.78 is 0. The summed E-state index contributed by atoms with van der Waals surface area (Å²) in [4.78, 5) is 25.1. The van der Waals surface area contributed by atoms with Gasteiger partial charge in [0.25, 0.3) is 0 Å². The number of likely N-dealkylation sites (tertiary alicyclic amines) is 1. The molecule has 2 N–H and O–H groups in total. The fraction of sp³-hybridized carbons (Fsp3) is 0.867. The van der Waals surface area contributed by atoms with Crippen LogP contribution in [0.2, 0.25) is 0 Å². The standard InChI is InChI=1S/C15H26N2O3/c1-3-11-5-4-6-12(9-11)16-15(20)17-8-7-10(2)13(17)14(18)19/h10-13H,3-9H2,1-2H3,(H,16,20)(H,18,19). The number of nitrogens with one attached hydrogen (secondary N) is 1. The van der Waals surface area contributed by atoms with E-state index in [1.807, 2.05) is 6.92 Å². The van der Waals surface area contributed by atoms with Gasteiger partial charge in [0.2, 0.25) is 0 Å². The molecule has 114 valence electrons. The molecule has 0 spiro atoms. The zero-order valence-corrected chi connectivity index (χ0v) is 12.5. The molecule has 1 saturated carbocycles. The number of hydrogen-bond acceptors (Lipinski definition) is 2. The maximum atomic E-state index is 12.3. The van der Waals surface area contributed by atoms with Gasteiger partial charge in [0.15, 0.2) is 0 Å². The van der Waals surface area contributed by atoms with Gasteiger partial charge in [-0.25, -0.2) is 9.59 Å². The van der Waals surface area contributed by atoms with Crippen LogP contribution in [0.25, 0.3) is 0 Å². The van der Waals surface area contributed by atoms with Crippen LogP contribution in [-0.4, -0.2) is 40.6 Å². The highest BCUT2D eigenvalue weighted by Gasteiger charge is 2.40. The fourth-order valence-electron chi connectivity index (χ4n) is 3.60. The predicted molar refractivity (Wildman–Crippen MR) is 76.5 cm³/mol. The van der Waals surface area contributed by atoms with Crippen molar-refractivity contribution >= 4 is 12.0 Å². The van der Waals surface area contributed by atoms with Crippen LogP contribution in [0, 0.1) is 11.8 Å². The summed E-state index contributed by atoms with van der Waals surface area (Å²) in [6.45, 7) is 4.64. The van der Waals surface area contributed by atoms with Crippen LogP contribution < -0.4 is 5.32 Å². The van der Waals surface area contributed by atoms with Crippen LogP contribution in [-0.2, 0) is 4.79 Å². The van der Waals surface area contributed by atoms with Crippen molar-refractivity contribution in [1.29, 1.82) is 0 Å². The smallest absolute Gasteiger partial charge is 0.326 e. The van der Waals surface area contributed by atoms with Crippen molar-refractivity contribution < 1.29 is 14.7 Å². The SMILES string of the molecule is CCC1CCCC(NC(=O)N2CCC(C)C2C(=O)O)C1. The molecule has 4 atom stereocenters. The number of aliphatic carboxylic acids is 1. The number of carbonyl (C=O) groups excluding carboxylic acids is 1. The normalized spacial score (nSPS) is 34.0. The Balaban J connectivity index is 1.92. The van der Waals surface area contributed by atoms with Gasteiger partial charge in [0, 0.05) is 12.6 Å². The van der Waals surface area contributed by atoms with Gasteiger partial charge in [-0.05, 0) is 31.1 Å². The Bertz CT molecular complexity index is 372. The molecule has 2 aliphatic rings. The average molecular weight is 282 g/mol. The third kappa shape index (κ3) is 3.25. The number of nitrogens with zero attached hydrogens (tertiary/aromatic N) is 1. The third-order valence-corrected chi connectivity index (χ3v) is 4.90. The maximum absolute atomic E-state index is 12.3. The summed E-state index contributed by atoms with van der Waals surface area (Å²) in [5.41, 5.74) is 0. The number of rotatable bonds is 3. The molecule has 5 nitrogen and oxygen atoms in total. The van der Waals surface area contributed by atoms with Crippen LogP contribution in [0.4, 0.5) is 4.79 Å². The summed E-state index contributed by atoms with van der Waals surface area (Å²) in [6, 6.07) is -0.643. The first-order valence-corrected chi connectivity index (χ1v) is 7.82. The second-order valence-electron chi connectivity index (χ2n) is 6.33. The molecule has 0 aromatic heterocycles. The van der Waals surface area contributed by atoms with E-state index in [0.29, 0.717) is 12.5 Å². The van der Waals surface area contributed by atoms with E-state index in [2.05, 4.69) is 12.2 Å². The second kappa shape index (κ2) is 6.46. The summed E-state index contributed by atoms with van der Waals surface area (Å²) in [5.74, 6) is -0.157. The molecule has 0 bridgehead atoms. The largest absolute Gasteiger partial charge is 0.480 e. The fourth-order valence-corrected chi connectivity index (χ4v) is 3.60. The van der Waals surface area contributed by atoms with Gasteiger partial charge >= 0.3 is 12.0 Å². The lowest BCUT2D eigenvalue weighted by atomic mass is 9.84. The Kier molecular flexibility index (Phi) is 4.89. The number of hydrogen-bond donors (Lipinski definition) is 2. The van der Waals surface area contributed by atoms with E-state index < -0.39 is 12.0 Å². The summed E-state index contributed by atoms with van der Waals surface area (Å²) in [7, 11) is 0. The molecule has 1 aliphatic carbocycles. The molecular weight excluding hydrogens is 256 g/mol. The van der Waals surface area contributed by atoms with Crippen LogP contribution >= 0.6 is 0 Å². The van der Waals surface area contributed by atoms with Crippen molar-refractivity contribution in [1.82, 2.24) is 10.2 Å². The van der Waals surface area contributed by atoms with Gasteiger partial charge in [-0.3, -0.25) is 0 Å². The number of carbonyl (C=O) groups is 2. The van der Waals surface area contributed by atoms with Gasteiger partial charge in [-0.1, -0.05) is 33.1 Å². The van der Waals surface area contributed by atoms with E-state index in [-0.39, 0.29) is 18.0 Å².